The van der Waals surface area contributed by atoms with Gasteiger partial charge in [-0.15, -0.1) is 0 Å². The molecule has 0 radical (unpaired) electrons. The van der Waals surface area contributed by atoms with Crippen molar-refractivity contribution >= 4 is 33.2 Å². The lowest BCUT2D eigenvalue weighted by Gasteiger charge is -2.16. The molecule has 0 saturated heterocycles. The summed E-state index contributed by atoms with van der Waals surface area (Å²) in [4.78, 5) is -0.0375. The van der Waals surface area contributed by atoms with Crippen LogP contribution in [0.5, 0.6) is 5.75 Å². The zero-order valence-electron chi connectivity index (χ0n) is 12.7. The van der Waals surface area contributed by atoms with Crippen LogP contribution >= 0.6 is 23.2 Å². The van der Waals surface area contributed by atoms with Crippen LogP contribution in [0, 0.1) is 0 Å². The molecule has 0 saturated carbocycles. The van der Waals surface area contributed by atoms with Crippen LogP contribution in [0.4, 0.5) is 0 Å². The third-order valence-electron chi connectivity index (χ3n) is 3.21. The second-order valence-corrected chi connectivity index (χ2v) is 7.45. The summed E-state index contributed by atoms with van der Waals surface area (Å²) in [5.74, 6) is 0.740. The van der Waals surface area contributed by atoms with Gasteiger partial charge in [-0.2, -0.15) is 0 Å². The molecule has 0 bridgehead atoms. The summed E-state index contributed by atoms with van der Waals surface area (Å²) in [6.07, 6.45) is 0. The minimum absolute atomic E-state index is 0.0375. The predicted octanol–water partition coefficient (Wildman–Crippen LogP) is 4.43. The van der Waals surface area contributed by atoms with Gasteiger partial charge in [-0.25, -0.2) is 13.1 Å². The molecule has 0 fully saturated rings. The van der Waals surface area contributed by atoms with Crippen LogP contribution in [0.3, 0.4) is 0 Å². The summed E-state index contributed by atoms with van der Waals surface area (Å²) < 4.78 is 32.9. The first-order valence-corrected chi connectivity index (χ1v) is 9.27. The van der Waals surface area contributed by atoms with E-state index in [1.165, 1.54) is 12.1 Å². The smallest absolute Gasteiger partial charge is 0.242 e. The maximum absolute atomic E-state index is 12.5. The van der Waals surface area contributed by atoms with E-state index in [0.717, 1.165) is 11.3 Å². The highest BCUT2D eigenvalue weighted by Gasteiger charge is 2.21. The molecule has 0 aliphatic rings. The average molecular weight is 374 g/mol. The maximum atomic E-state index is 12.5. The highest BCUT2D eigenvalue weighted by Crippen LogP contribution is 2.27. The minimum Gasteiger partial charge on any atom is -0.494 e. The molecule has 0 heterocycles. The van der Waals surface area contributed by atoms with Gasteiger partial charge in [0.2, 0.25) is 10.0 Å². The molecular weight excluding hydrogens is 357 g/mol. The quantitative estimate of drug-likeness (QED) is 0.814. The second kappa shape index (κ2) is 7.53. The lowest BCUT2D eigenvalue weighted by Crippen LogP contribution is -2.27. The molecule has 1 unspecified atom stereocenters. The van der Waals surface area contributed by atoms with Gasteiger partial charge in [-0.1, -0.05) is 35.3 Å². The lowest BCUT2D eigenvalue weighted by molar-refractivity contribution is 0.340. The molecule has 0 aromatic heterocycles. The number of rotatable bonds is 6. The van der Waals surface area contributed by atoms with E-state index in [0.29, 0.717) is 11.6 Å². The first-order chi connectivity index (χ1) is 10.8. The van der Waals surface area contributed by atoms with E-state index >= 15 is 0 Å². The average Bonchev–Trinajstić information content (AvgIpc) is 2.50. The summed E-state index contributed by atoms with van der Waals surface area (Å²) in [6.45, 7) is 4.24. The van der Waals surface area contributed by atoms with E-state index < -0.39 is 16.1 Å². The number of nitrogens with one attached hydrogen (secondary N) is 1. The van der Waals surface area contributed by atoms with Gasteiger partial charge in [0, 0.05) is 11.1 Å². The topological polar surface area (TPSA) is 55.4 Å². The Kier molecular flexibility index (Phi) is 5.92. The third kappa shape index (κ3) is 4.61. The van der Waals surface area contributed by atoms with Gasteiger partial charge in [0.25, 0.3) is 0 Å². The normalized spacial score (nSPS) is 12.9. The van der Waals surface area contributed by atoms with Crippen molar-refractivity contribution in [2.24, 2.45) is 0 Å². The molecule has 124 valence electrons. The van der Waals surface area contributed by atoms with E-state index in [4.69, 9.17) is 27.9 Å². The zero-order valence-corrected chi connectivity index (χ0v) is 15.0. The second-order valence-electron chi connectivity index (χ2n) is 4.92. The van der Waals surface area contributed by atoms with Gasteiger partial charge in [0.05, 0.1) is 11.6 Å². The van der Waals surface area contributed by atoms with Crippen molar-refractivity contribution in [3.63, 3.8) is 0 Å². The molecule has 0 amide bonds. The van der Waals surface area contributed by atoms with E-state index in [1.807, 2.05) is 19.1 Å². The first-order valence-electron chi connectivity index (χ1n) is 7.03. The first kappa shape index (κ1) is 18.1. The Morgan fingerprint density at radius 3 is 2.39 bits per heavy atom. The van der Waals surface area contributed by atoms with E-state index in [2.05, 4.69) is 4.72 Å². The van der Waals surface area contributed by atoms with Crippen molar-refractivity contribution in [2.45, 2.75) is 24.8 Å². The van der Waals surface area contributed by atoms with Crippen LogP contribution in [-0.4, -0.2) is 15.0 Å². The Hall–Kier alpha value is -1.27. The molecule has 1 atom stereocenters. The molecule has 23 heavy (non-hydrogen) atoms. The number of hydrogen-bond acceptors (Lipinski definition) is 3. The van der Waals surface area contributed by atoms with Crippen molar-refractivity contribution in [2.75, 3.05) is 6.61 Å². The lowest BCUT2D eigenvalue weighted by atomic mass is 10.1. The molecular formula is C16H17Cl2NO3S. The molecule has 2 aromatic rings. The summed E-state index contributed by atoms with van der Waals surface area (Å²) in [7, 11) is -3.78. The molecule has 0 spiro atoms. The summed E-state index contributed by atoms with van der Waals surface area (Å²) in [5, 5.41) is 0.435. The standard InChI is InChI=1S/C16H17Cl2NO3S/c1-3-22-14-7-4-12(5-8-14)11(2)19-23(20,21)16-10-13(17)6-9-15(16)18/h4-11,19H,3H2,1-2H3. The fourth-order valence-corrected chi connectivity index (χ4v) is 4.06. The third-order valence-corrected chi connectivity index (χ3v) is 5.46. The molecule has 4 nitrogen and oxygen atoms in total. The minimum atomic E-state index is -3.78. The van der Waals surface area contributed by atoms with E-state index in [-0.39, 0.29) is 9.92 Å². The van der Waals surface area contributed by atoms with Gasteiger partial charge >= 0.3 is 0 Å². The zero-order chi connectivity index (χ0) is 17.0. The number of hydrogen-bond donors (Lipinski definition) is 1. The fraction of sp³-hybridized carbons (Fsp3) is 0.250. The van der Waals surface area contributed by atoms with Gasteiger partial charge in [-0.3, -0.25) is 0 Å². The number of halogens is 2. The van der Waals surface area contributed by atoms with Crippen molar-refractivity contribution in [3.05, 3.63) is 58.1 Å². The summed E-state index contributed by atoms with van der Waals surface area (Å²) >= 11 is 11.8. The maximum Gasteiger partial charge on any atom is 0.242 e. The van der Waals surface area contributed by atoms with Crippen molar-refractivity contribution < 1.29 is 13.2 Å². The van der Waals surface area contributed by atoms with Crippen molar-refractivity contribution in [1.29, 1.82) is 0 Å². The highest BCUT2D eigenvalue weighted by atomic mass is 35.5. The predicted molar refractivity (Wildman–Crippen MR) is 92.8 cm³/mol. The number of benzene rings is 2. The Bertz CT molecular complexity index is 776. The Balaban J connectivity index is 2.21. The highest BCUT2D eigenvalue weighted by molar-refractivity contribution is 7.89. The van der Waals surface area contributed by atoms with Gasteiger partial charge in [0.1, 0.15) is 10.6 Å². The molecule has 2 rings (SSSR count). The van der Waals surface area contributed by atoms with Gasteiger partial charge in [0.15, 0.2) is 0 Å². The number of ether oxygens (including phenoxy) is 1. The van der Waals surface area contributed by atoms with E-state index in [9.17, 15) is 8.42 Å². The van der Waals surface area contributed by atoms with E-state index in [1.54, 1.807) is 25.1 Å². The van der Waals surface area contributed by atoms with Crippen LogP contribution in [0.15, 0.2) is 47.4 Å². The van der Waals surface area contributed by atoms with Gasteiger partial charge in [-0.05, 0) is 49.7 Å². The Morgan fingerprint density at radius 2 is 1.78 bits per heavy atom. The molecule has 0 aliphatic carbocycles. The van der Waals surface area contributed by atoms with Gasteiger partial charge < -0.3 is 4.74 Å². The molecule has 1 N–H and O–H groups in total. The van der Waals surface area contributed by atoms with Crippen LogP contribution in [-0.2, 0) is 10.0 Å². The van der Waals surface area contributed by atoms with Crippen molar-refractivity contribution in [1.82, 2.24) is 4.72 Å². The molecule has 7 heteroatoms. The SMILES string of the molecule is CCOc1ccc(C(C)NS(=O)(=O)c2cc(Cl)ccc2Cl)cc1. The van der Waals surface area contributed by atoms with Crippen LogP contribution in [0.1, 0.15) is 25.5 Å². The molecule has 0 aliphatic heterocycles. The summed E-state index contributed by atoms with van der Waals surface area (Å²) in [6, 6.07) is 11.1. The Labute approximate surface area is 146 Å². The number of sulfonamides is 1. The van der Waals surface area contributed by atoms with Crippen LogP contribution in [0.25, 0.3) is 0 Å². The fourth-order valence-electron chi connectivity index (χ4n) is 2.07. The largest absolute Gasteiger partial charge is 0.494 e. The molecule has 2 aromatic carbocycles. The van der Waals surface area contributed by atoms with Crippen LogP contribution in [0.2, 0.25) is 10.0 Å². The summed E-state index contributed by atoms with van der Waals surface area (Å²) in [5.41, 5.74) is 0.815. The monoisotopic (exact) mass is 373 g/mol. The van der Waals surface area contributed by atoms with Crippen LogP contribution < -0.4 is 9.46 Å². The Morgan fingerprint density at radius 1 is 1.13 bits per heavy atom. The van der Waals surface area contributed by atoms with Crippen molar-refractivity contribution in [3.8, 4) is 5.75 Å².